The van der Waals surface area contributed by atoms with Crippen molar-refractivity contribution in [2.75, 3.05) is 6.61 Å². The first kappa shape index (κ1) is 14.0. The second kappa shape index (κ2) is 7.29. The molecule has 1 N–H and O–H groups in total. The fourth-order valence-electron chi connectivity index (χ4n) is 2.48. The van der Waals surface area contributed by atoms with Gasteiger partial charge in [-0.3, -0.25) is 0 Å². The molecular formula is C14H29NO. The van der Waals surface area contributed by atoms with Gasteiger partial charge in [-0.15, -0.1) is 0 Å². The molecule has 96 valence electrons. The van der Waals surface area contributed by atoms with E-state index in [0.717, 1.165) is 12.5 Å². The van der Waals surface area contributed by atoms with Gasteiger partial charge in [0.25, 0.3) is 0 Å². The van der Waals surface area contributed by atoms with Crippen molar-refractivity contribution in [2.24, 2.45) is 5.92 Å². The van der Waals surface area contributed by atoms with Gasteiger partial charge in [0.15, 0.2) is 0 Å². The minimum absolute atomic E-state index is 0.452. The molecule has 0 aromatic heterocycles. The van der Waals surface area contributed by atoms with Crippen LogP contribution < -0.4 is 5.32 Å². The smallest absolute Gasteiger partial charge is 0.0728 e. The summed E-state index contributed by atoms with van der Waals surface area (Å²) in [7, 11) is 0. The van der Waals surface area contributed by atoms with Gasteiger partial charge in [-0.2, -0.15) is 0 Å². The summed E-state index contributed by atoms with van der Waals surface area (Å²) >= 11 is 0. The van der Waals surface area contributed by atoms with Crippen LogP contribution in [-0.4, -0.2) is 24.8 Å². The molecule has 2 nitrogen and oxygen atoms in total. The summed E-state index contributed by atoms with van der Waals surface area (Å²) in [4.78, 5) is 0. The maximum absolute atomic E-state index is 6.02. The van der Waals surface area contributed by atoms with Gasteiger partial charge in [0.2, 0.25) is 0 Å². The molecule has 0 bridgehead atoms. The van der Waals surface area contributed by atoms with E-state index in [1.54, 1.807) is 0 Å². The van der Waals surface area contributed by atoms with Crippen molar-refractivity contribution in [3.8, 4) is 0 Å². The van der Waals surface area contributed by atoms with Crippen LogP contribution >= 0.6 is 0 Å². The molecule has 1 rings (SSSR count). The van der Waals surface area contributed by atoms with Crippen molar-refractivity contribution in [1.82, 2.24) is 5.32 Å². The molecule has 0 aromatic rings. The Kier molecular flexibility index (Phi) is 6.37. The van der Waals surface area contributed by atoms with Gasteiger partial charge in [0, 0.05) is 18.7 Å². The van der Waals surface area contributed by atoms with Crippen LogP contribution in [0.25, 0.3) is 0 Å². The van der Waals surface area contributed by atoms with Crippen LogP contribution in [0.15, 0.2) is 0 Å². The Morgan fingerprint density at radius 1 is 1.31 bits per heavy atom. The summed E-state index contributed by atoms with van der Waals surface area (Å²) in [6.07, 6.45) is 6.61. The molecule has 1 heterocycles. The molecule has 0 saturated carbocycles. The van der Waals surface area contributed by atoms with Gasteiger partial charge >= 0.3 is 0 Å². The largest absolute Gasteiger partial charge is 0.377 e. The van der Waals surface area contributed by atoms with E-state index in [1.165, 1.54) is 32.1 Å². The number of nitrogens with one attached hydrogen (secondary N) is 1. The Labute approximate surface area is 101 Å². The second-order valence-corrected chi connectivity index (χ2v) is 5.61. The molecule has 2 heteroatoms. The predicted octanol–water partition coefficient (Wildman–Crippen LogP) is 3.36. The summed E-state index contributed by atoms with van der Waals surface area (Å²) in [5, 5.41) is 3.64. The fraction of sp³-hybridized carbons (Fsp3) is 1.00. The number of piperidine rings is 1. The normalized spacial score (nSPS) is 30.9. The standard InChI is InChI=1S/C14H29NO/c1-5-13-14(9-8-12(4)15-13)16-10-6-7-11(2)3/h11-15H,5-10H2,1-4H3. The molecule has 0 amide bonds. The Bertz CT molecular complexity index is 182. The molecular weight excluding hydrogens is 198 g/mol. The summed E-state index contributed by atoms with van der Waals surface area (Å²) in [5.74, 6) is 0.801. The molecule has 1 fully saturated rings. The Balaban J connectivity index is 2.19. The zero-order valence-corrected chi connectivity index (χ0v) is 11.5. The maximum Gasteiger partial charge on any atom is 0.0728 e. The van der Waals surface area contributed by atoms with Crippen LogP contribution in [0.1, 0.15) is 59.8 Å². The van der Waals surface area contributed by atoms with Crippen LogP contribution in [0.4, 0.5) is 0 Å². The molecule has 0 aromatic carbocycles. The van der Waals surface area contributed by atoms with E-state index >= 15 is 0 Å². The van der Waals surface area contributed by atoms with E-state index in [0.29, 0.717) is 18.2 Å². The molecule has 0 aliphatic carbocycles. The summed E-state index contributed by atoms with van der Waals surface area (Å²) in [6.45, 7) is 10.0. The highest BCUT2D eigenvalue weighted by Crippen LogP contribution is 2.19. The molecule has 3 unspecified atom stereocenters. The predicted molar refractivity (Wildman–Crippen MR) is 69.7 cm³/mol. The van der Waals surface area contributed by atoms with Crippen molar-refractivity contribution in [3.05, 3.63) is 0 Å². The summed E-state index contributed by atoms with van der Waals surface area (Å²) < 4.78 is 6.02. The lowest BCUT2D eigenvalue weighted by Crippen LogP contribution is -2.50. The minimum atomic E-state index is 0.452. The van der Waals surface area contributed by atoms with Crippen LogP contribution in [0.2, 0.25) is 0 Å². The first-order valence-corrected chi connectivity index (χ1v) is 7.01. The Morgan fingerprint density at radius 3 is 2.69 bits per heavy atom. The van der Waals surface area contributed by atoms with Crippen molar-refractivity contribution in [1.29, 1.82) is 0 Å². The van der Waals surface area contributed by atoms with Gasteiger partial charge in [0.05, 0.1) is 6.10 Å². The lowest BCUT2D eigenvalue weighted by Gasteiger charge is -2.35. The molecule has 1 saturated heterocycles. The molecule has 0 spiro atoms. The zero-order chi connectivity index (χ0) is 12.0. The topological polar surface area (TPSA) is 21.3 Å². The van der Waals surface area contributed by atoms with Crippen molar-refractivity contribution in [2.45, 2.75) is 78.0 Å². The van der Waals surface area contributed by atoms with Gasteiger partial charge in [0.1, 0.15) is 0 Å². The average molecular weight is 227 g/mol. The second-order valence-electron chi connectivity index (χ2n) is 5.61. The third-order valence-corrected chi connectivity index (χ3v) is 3.53. The van der Waals surface area contributed by atoms with Crippen LogP contribution in [0.5, 0.6) is 0 Å². The first-order chi connectivity index (χ1) is 7.63. The van der Waals surface area contributed by atoms with Crippen molar-refractivity contribution < 1.29 is 4.74 Å². The van der Waals surface area contributed by atoms with Crippen molar-refractivity contribution >= 4 is 0 Å². The van der Waals surface area contributed by atoms with E-state index in [1.807, 2.05) is 0 Å². The lowest BCUT2D eigenvalue weighted by molar-refractivity contribution is -0.00276. The van der Waals surface area contributed by atoms with E-state index in [2.05, 4.69) is 33.0 Å². The Hall–Kier alpha value is -0.0800. The third kappa shape index (κ3) is 4.84. The molecule has 16 heavy (non-hydrogen) atoms. The zero-order valence-electron chi connectivity index (χ0n) is 11.5. The van der Waals surface area contributed by atoms with Crippen LogP contribution in [-0.2, 0) is 4.74 Å². The highest BCUT2D eigenvalue weighted by Gasteiger charge is 2.26. The fourth-order valence-corrected chi connectivity index (χ4v) is 2.48. The van der Waals surface area contributed by atoms with Crippen LogP contribution in [0, 0.1) is 5.92 Å². The highest BCUT2D eigenvalue weighted by atomic mass is 16.5. The number of hydrogen-bond acceptors (Lipinski definition) is 2. The summed E-state index contributed by atoms with van der Waals surface area (Å²) in [6, 6.07) is 1.24. The SMILES string of the molecule is CCC1NC(C)CCC1OCCCC(C)C. The Morgan fingerprint density at radius 2 is 2.06 bits per heavy atom. The summed E-state index contributed by atoms with van der Waals surface area (Å²) in [5.41, 5.74) is 0. The van der Waals surface area contributed by atoms with Crippen LogP contribution in [0.3, 0.4) is 0 Å². The van der Waals surface area contributed by atoms with Gasteiger partial charge in [-0.05, 0) is 44.9 Å². The quantitative estimate of drug-likeness (QED) is 0.703. The first-order valence-electron chi connectivity index (χ1n) is 7.01. The van der Waals surface area contributed by atoms with E-state index in [-0.39, 0.29) is 0 Å². The van der Waals surface area contributed by atoms with Gasteiger partial charge in [-0.25, -0.2) is 0 Å². The number of rotatable bonds is 6. The van der Waals surface area contributed by atoms with Gasteiger partial charge in [-0.1, -0.05) is 20.8 Å². The lowest BCUT2D eigenvalue weighted by atomic mass is 9.95. The molecule has 0 radical (unpaired) electrons. The van der Waals surface area contributed by atoms with E-state index < -0.39 is 0 Å². The molecule has 1 aliphatic rings. The molecule has 1 aliphatic heterocycles. The van der Waals surface area contributed by atoms with E-state index in [4.69, 9.17) is 4.74 Å². The van der Waals surface area contributed by atoms with Gasteiger partial charge < -0.3 is 10.1 Å². The number of ether oxygens (including phenoxy) is 1. The van der Waals surface area contributed by atoms with Crippen molar-refractivity contribution in [3.63, 3.8) is 0 Å². The maximum atomic E-state index is 6.02. The highest BCUT2D eigenvalue weighted by molar-refractivity contribution is 4.85. The third-order valence-electron chi connectivity index (χ3n) is 3.53. The molecule has 3 atom stereocenters. The minimum Gasteiger partial charge on any atom is -0.377 e. The van der Waals surface area contributed by atoms with E-state index in [9.17, 15) is 0 Å². The monoisotopic (exact) mass is 227 g/mol. The average Bonchev–Trinajstić information content (AvgIpc) is 2.25. The number of hydrogen-bond donors (Lipinski definition) is 1.